The maximum absolute atomic E-state index is 12.6. The van der Waals surface area contributed by atoms with Crippen LogP contribution in [0.1, 0.15) is 93.1 Å². The molecule has 21 N–H and O–H groups in total. The molecule has 1 aromatic heterocycles. The minimum atomic E-state index is -0.694. The van der Waals surface area contributed by atoms with Crippen LogP contribution in [0.3, 0.4) is 0 Å². The highest BCUT2D eigenvalue weighted by molar-refractivity contribution is 6.31. The van der Waals surface area contributed by atoms with Crippen LogP contribution in [0.15, 0.2) is 51.4 Å². The normalized spacial score (nSPS) is 12.3. The van der Waals surface area contributed by atoms with Gasteiger partial charge in [-0.15, -0.1) is 0 Å². The number of carbonyl (C=O) groups is 3. The van der Waals surface area contributed by atoms with Crippen LogP contribution >= 0.6 is 11.6 Å². The number of aryl methyl sites for hydroxylation is 1. The molecule has 2 unspecified atom stereocenters. The number of benzene rings is 2. The van der Waals surface area contributed by atoms with Crippen molar-refractivity contribution < 1.29 is 19.1 Å². The molecule has 370 valence electrons. The number of hydrogen-bond donors (Lipinski definition) is 12. The molecule has 0 aliphatic heterocycles. The first-order chi connectivity index (χ1) is 32.1. The third kappa shape index (κ3) is 22.7. The summed E-state index contributed by atoms with van der Waals surface area (Å²) in [5.41, 5.74) is 52.1. The minimum absolute atomic E-state index is 0.0660. The van der Waals surface area contributed by atoms with Crippen molar-refractivity contribution in [2.45, 2.75) is 95.6 Å². The molecule has 0 aliphatic rings. The summed E-state index contributed by atoms with van der Waals surface area (Å²) in [5, 5.41) is 10.4. The van der Waals surface area contributed by atoms with Gasteiger partial charge in [0.25, 0.3) is 5.91 Å². The number of nitrogens with one attached hydrogen (secondary N) is 3. The maximum atomic E-state index is 12.6. The molecule has 3 aromatic rings. The second-order valence-electron chi connectivity index (χ2n) is 16.2. The number of nitrogens with two attached hydrogens (primary N) is 9. The number of halogens is 1. The molecule has 23 heteroatoms. The highest BCUT2D eigenvalue weighted by Crippen LogP contribution is 2.29. The summed E-state index contributed by atoms with van der Waals surface area (Å²) in [6.45, 7) is 4.95. The van der Waals surface area contributed by atoms with Crippen molar-refractivity contribution in [3.63, 3.8) is 0 Å². The number of anilines is 2. The number of amides is 3. The smallest absolute Gasteiger partial charge is 0.280 e. The lowest BCUT2D eigenvalue weighted by atomic mass is 9.99. The van der Waals surface area contributed by atoms with Gasteiger partial charge in [0.05, 0.1) is 0 Å². The van der Waals surface area contributed by atoms with E-state index in [1.807, 2.05) is 24.3 Å². The van der Waals surface area contributed by atoms with Gasteiger partial charge < -0.3 is 67.0 Å². The van der Waals surface area contributed by atoms with E-state index in [2.05, 4.69) is 57.9 Å². The fourth-order valence-corrected chi connectivity index (χ4v) is 7.21. The van der Waals surface area contributed by atoms with E-state index in [0.29, 0.717) is 78.2 Å². The van der Waals surface area contributed by atoms with E-state index in [9.17, 15) is 14.4 Å². The van der Waals surface area contributed by atoms with Crippen molar-refractivity contribution in [1.82, 2.24) is 30.8 Å². The SMILES string of the molecule is NC(N)=NCCCCC(N)CC(=O)NCCCN(CCCNC(=O)CC(N)CCCCN=C(N)N)CCOc1ccc(CCCCN=C(N)NC(=O)c2nc(Cl)c(N)nc2N)c2ccccc12. The van der Waals surface area contributed by atoms with Gasteiger partial charge in [-0.1, -0.05) is 54.8 Å². The molecule has 0 bridgehead atoms. The third-order valence-electron chi connectivity index (χ3n) is 10.5. The number of aliphatic imine (C=N–C) groups is 3. The Balaban J connectivity index is 1.50. The lowest BCUT2D eigenvalue weighted by Gasteiger charge is -2.23. The average molecular weight is 954 g/mol. The Morgan fingerprint density at radius 1 is 0.672 bits per heavy atom. The number of unbranched alkanes of at least 4 members (excludes halogenated alkanes) is 3. The largest absolute Gasteiger partial charge is 0.492 e. The highest BCUT2D eigenvalue weighted by atomic mass is 35.5. The van der Waals surface area contributed by atoms with Crippen LogP contribution in [0.5, 0.6) is 5.75 Å². The number of ether oxygens (including phenoxy) is 1. The predicted octanol–water partition coefficient (Wildman–Crippen LogP) is 0.531. The molecular weight excluding hydrogens is 880 g/mol. The van der Waals surface area contributed by atoms with Crippen LogP contribution in [0.2, 0.25) is 5.15 Å². The summed E-state index contributed by atoms with van der Waals surface area (Å²) in [6.07, 6.45) is 8.91. The molecule has 0 radical (unpaired) electrons. The summed E-state index contributed by atoms with van der Waals surface area (Å²) >= 11 is 5.88. The first-order valence-corrected chi connectivity index (χ1v) is 23.2. The zero-order valence-corrected chi connectivity index (χ0v) is 39.3. The van der Waals surface area contributed by atoms with E-state index >= 15 is 0 Å². The second kappa shape index (κ2) is 30.9. The summed E-state index contributed by atoms with van der Waals surface area (Å²) < 4.78 is 6.41. The molecule has 22 nitrogen and oxygen atoms in total. The molecule has 3 rings (SSSR count). The maximum Gasteiger partial charge on any atom is 0.280 e. The Hall–Kier alpha value is -6.23. The van der Waals surface area contributed by atoms with Crippen LogP contribution in [0.25, 0.3) is 10.8 Å². The molecule has 3 amide bonds. The summed E-state index contributed by atoms with van der Waals surface area (Å²) in [6, 6.07) is 11.7. The van der Waals surface area contributed by atoms with E-state index < -0.39 is 5.91 Å². The van der Waals surface area contributed by atoms with Gasteiger partial charge in [-0.3, -0.25) is 39.6 Å². The molecule has 2 atom stereocenters. The average Bonchev–Trinajstić information content (AvgIpc) is 3.27. The zero-order valence-electron chi connectivity index (χ0n) is 38.6. The first-order valence-electron chi connectivity index (χ1n) is 22.8. The Labute approximate surface area is 398 Å². The van der Waals surface area contributed by atoms with Crippen molar-refractivity contribution in [3.05, 3.63) is 52.8 Å². The quantitative estimate of drug-likeness (QED) is 0.0231. The summed E-state index contributed by atoms with van der Waals surface area (Å²) in [4.78, 5) is 60.0. The predicted molar refractivity (Wildman–Crippen MR) is 268 cm³/mol. The van der Waals surface area contributed by atoms with Crippen molar-refractivity contribution in [3.8, 4) is 5.75 Å². The molecule has 0 saturated heterocycles. The third-order valence-corrected chi connectivity index (χ3v) is 10.8. The van der Waals surface area contributed by atoms with E-state index in [0.717, 1.165) is 67.9 Å². The van der Waals surface area contributed by atoms with Gasteiger partial charge in [-0.25, -0.2) is 9.97 Å². The van der Waals surface area contributed by atoms with Crippen molar-refractivity contribution in [1.29, 1.82) is 0 Å². The zero-order chi connectivity index (χ0) is 49.0. The van der Waals surface area contributed by atoms with E-state index in [1.165, 1.54) is 5.56 Å². The molecule has 2 aromatic carbocycles. The minimum Gasteiger partial charge on any atom is -0.492 e. The van der Waals surface area contributed by atoms with E-state index in [1.54, 1.807) is 0 Å². The fraction of sp³-hybridized carbons (Fsp3) is 0.545. The van der Waals surface area contributed by atoms with Crippen molar-refractivity contribution in [2.24, 2.45) is 55.1 Å². The number of carbonyl (C=O) groups excluding carboxylic acids is 3. The number of hydrogen-bond acceptors (Lipinski definition) is 14. The number of fused-ring (bicyclic) bond motifs is 1. The van der Waals surface area contributed by atoms with Crippen LogP contribution in [0.4, 0.5) is 11.6 Å². The van der Waals surface area contributed by atoms with E-state index in [-0.39, 0.29) is 77.1 Å². The van der Waals surface area contributed by atoms with Crippen LogP contribution in [-0.2, 0) is 16.0 Å². The topological polar surface area (TPSA) is 397 Å². The monoisotopic (exact) mass is 953 g/mol. The fourth-order valence-electron chi connectivity index (χ4n) is 7.09. The molecule has 0 fully saturated rings. The Bertz CT molecular complexity index is 2040. The summed E-state index contributed by atoms with van der Waals surface area (Å²) in [7, 11) is 0. The van der Waals surface area contributed by atoms with Crippen molar-refractivity contribution >= 4 is 69.6 Å². The molecule has 0 spiro atoms. The molecular formula is C44H73ClN18O4. The van der Waals surface area contributed by atoms with Gasteiger partial charge in [-0.05, 0) is 87.9 Å². The molecule has 67 heavy (non-hydrogen) atoms. The Kier molecular flexibility index (Phi) is 25.4. The number of aromatic nitrogens is 2. The molecule has 1 heterocycles. The number of guanidine groups is 3. The number of nitrogen functional groups attached to an aromatic ring is 2. The van der Waals surface area contributed by atoms with Crippen LogP contribution < -0.4 is 72.3 Å². The van der Waals surface area contributed by atoms with Gasteiger partial charge >= 0.3 is 0 Å². The Morgan fingerprint density at radius 3 is 1.81 bits per heavy atom. The molecule has 0 saturated carbocycles. The standard InChI is InChI=1S/C44H73ClN18O4/c45-38-40(49)61-39(48)37(60-38)41(66)62-44(54)59-20-6-3-11-29-16-17-34(33-15-2-1-14-32(29)33)67-26-25-63(23-9-21-55-35(64)27-30(46)12-4-7-18-57-42(50)51)24-10-22-56-36(65)28-31(47)13-5-8-19-58-43(52)53/h1-2,14-17,30-31H,3-13,18-28,46-47H2,(H,55,64)(H,56,65)(H4,48,49,61)(H4,50,51,57)(H4,52,53,58)(H3,54,59,62,66). The number of rotatable bonds is 32. The van der Waals surface area contributed by atoms with Gasteiger partial charge in [0.2, 0.25) is 11.8 Å². The van der Waals surface area contributed by atoms with Gasteiger partial charge in [0.15, 0.2) is 40.4 Å². The lowest BCUT2D eigenvalue weighted by Crippen LogP contribution is -2.38. The van der Waals surface area contributed by atoms with Crippen LogP contribution in [-0.4, -0.2) is 122 Å². The summed E-state index contributed by atoms with van der Waals surface area (Å²) in [5.74, 6) is -0.286. The molecule has 0 aliphatic carbocycles. The van der Waals surface area contributed by atoms with Crippen LogP contribution in [0, 0.1) is 0 Å². The van der Waals surface area contributed by atoms with Gasteiger partial charge in [-0.2, -0.15) is 0 Å². The highest BCUT2D eigenvalue weighted by Gasteiger charge is 2.17. The Morgan fingerprint density at radius 2 is 1.22 bits per heavy atom. The lowest BCUT2D eigenvalue weighted by molar-refractivity contribution is -0.122. The second-order valence-corrected chi connectivity index (χ2v) is 16.6. The number of nitrogens with zero attached hydrogens (tertiary/aromatic N) is 6. The van der Waals surface area contributed by atoms with Gasteiger partial charge in [0, 0.05) is 69.6 Å². The first kappa shape index (κ1) is 55.1. The van der Waals surface area contributed by atoms with Gasteiger partial charge in [0.1, 0.15) is 12.4 Å². The van der Waals surface area contributed by atoms with Crippen molar-refractivity contribution in [2.75, 3.05) is 70.4 Å². The van der Waals surface area contributed by atoms with E-state index in [4.69, 9.17) is 67.9 Å².